The first-order valence-corrected chi connectivity index (χ1v) is 6.99. The highest BCUT2D eigenvalue weighted by Gasteiger charge is 2.10. The maximum atomic E-state index is 5.95. The van der Waals surface area contributed by atoms with Crippen LogP contribution in [0.3, 0.4) is 0 Å². The summed E-state index contributed by atoms with van der Waals surface area (Å²) >= 11 is 7.60. The lowest BCUT2D eigenvalue weighted by atomic mass is 10.2. The molecule has 98 valence electrons. The number of halogens is 1. The van der Waals surface area contributed by atoms with E-state index < -0.39 is 0 Å². The fourth-order valence-electron chi connectivity index (χ4n) is 1.73. The van der Waals surface area contributed by atoms with Crippen molar-refractivity contribution in [3.63, 3.8) is 0 Å². The van der Waals surface area contributed by atoms with E-state index in [0.717, 1.165) is 17.4 Å². The first-order chi connectivity index (χ1) is 9.24. The maximum absolute atomic E-state index is 5.95. The second-order valence-electron chi connectivity index (χ2n) is 4.09. The molecule has 0 radical (unpaired) electrons. The third kappa shape index (κ3) is 2.52. The van der Waals surface area contributed by atoms with E-state index in [0.29, 0.717) is 16.8 Å². The minimum Gasteiger partial charge on any atom is -0.369 e. The minimum atomic E-state index is 0.311. The van der Waals surface area contributed by atoms with Crippen molar-refractivity contribution >= 4 is 34.5 Å². The van der Waals surface area contributed by atoms with Crippen molar-refractivity contribution in [1.29, 1.82) is 0 Å². The summed E-state index contributed by atoms with van der Waals surface area (Å²) in [5.74, 6) is 1.57. The van der Waals surface area contributed by atoms with Gasteiger partial charge >= 0.3 is 0 Å². The molecule has 1 N–H and O–H groups in total. The Morgan fingerprint density at radius 2 is 2.37 bits per heavy atom. The maximum Gasteiger partial charge on any atom is 0.255 e. The van der Waals surface area contributed by atoms with Crippen molar-refractivity contribution in [3.8, 4) is 0 Å². The summed E-state index contributed by atoms with van der Waals surface area (Å²) in [7, 11) is 0. The second-order valence-corrected chi connectivity index (χ2v) is 5.40. The molecule has 3 aromatic rings. The fraction of sp³-hybridized carbons (Fsp3) is 0.273. The summed E-state index contributed by atoms with van der Waals surface area (Å²) in [4.78, 5) is 12.4. The van der Waals surface area contributed by atoms with Gasteiger partial charge in [0.1, 0.15) is 17.3 Å². The Bertz CT molecular complexity index is 680. The summed E-state index contributed by atoms with van der Waals surface area (Å²) < 4.78 is 1.63. The summed E-state index contributed by atoms with van der Waals surface area (Å²) in [6, 6.07) is 1.73. The first kappa shape index (κ1) is 12.3. The van der Waals surface area contributed by atoms with Crippen LogP contribution in [0.25, 0.3) is 5.78 Å². The minimum absolute atomic E-state index is 0.311. The van der Waals surface area contributed by atoms with Gasteiger partial charge in [0, 0.05) is 30.1 Å². The van der Waals surface area contributed by atoms with E-state index in [1.807, 2.05) is 11.6 Å². The SMILES string of the molecule is CC(CNc1cc(Cl)nc2ncnn12)c1nccs1. The predicted molar refractivity (Wildman–Crippen MR) is 74.8 cm³/mol. The molecular formula is C11H11ClN6S. The van der Waals surface area contributed by atoms with Crippen LogP contribution in [0.5, 0.6) is 0 Å². The van der Waals surface area contributed by atoms with Gasteiger partial charge in [-0.15, -0.1) is 11.3 Å². The van der Waals surface area contributed by atoms with Gasteiger partial charge in [0.15, 0.2) is 0 Å². The van der Waals surface area contributed by atoms with Crippen molar-refractivity contribution in [3.05, 3.63) is 34.1 Å². The lowest BCUT2D eigenvalue weighted by molar-refractivity contribution is 0.784. The van der Waals surface area contributed by atoms with Crippen LogP contribution in [-0.4, -0.2) is 31.1 Å². The van der Waals surface area contributed by atoms with Gasteiger partial charge in [0.2, 0.25) is 0 Å². The number of anilines is 1. The van der Waals surface area contributed by atoms with Crippen molar-refractivity contribution in [1.82, 2.24) is 24.6 Å². The van der Waals surface area contributed by atoms with Gasteiger partial charge in [-0.3, -0.25) is 0 Å². The molecular weight excluding hydrogens is 284 g/mol. The van der Waals surface area contributed by atoms with Crippen molar-refractivity contribution in [2.45, 2.75) is 12.8 Å². The normalized spacial score (nSPS) is 12.7. The predicted octanol–water partition coefficient (Wildman–Crippen LogP) is 2.45. The van der Waals surface area contributed by atoms with Gasteiger partial charge in [-0.2, -0.15) is 19.6 Å². The highest BCUT2D eigenvalue weighted by Crippen LogP contribution is 2.19. The topological polar surface area (TPSA) is 68.0 Å². The molecule has 0 saturated heterocycles. The highest BCUT2D eigenvalue weighted by molar-refractivity contribution is 7.09. The number of fused-ring (bicyclic) bond motifs is 1. The van der Waals surface area contributed by atoms with Crippen LogP contribution in [0.2, 0.25) is 5.15 Å². The number of nitrogens with one attached hydrogen (secondary N) is 1. The number of hydrogen-bond donors (Lipinski definition) is 1. The Morgan fingerprint density at radius 3 is 3.16 bits per heavy atom. The molecule has 0 bridgehead atoms. The molecule has 0 aromatic carbocycles. The van der Waals surface area contributed by atoms with Crippen LogP contribution in [-0.2, 0) is 0 Å². The molecule has 6 nitrogen and oxygen atoms in total. The van der Waals surface area contributed by atoms with Crippen LogP contribution in [0.1, 0.15) is 17.8 Å². The summed E-state index contributed by atoms with van der Waals surface area (Å²) in [6.45, 7) is 2.86. The van der Waals surface area contributed by atoms with Crippen LogP contribution in [0.4, 0.5) is 5.82 Å². The van der Waals surface area contributed by atoms with E-state index in [1.165, 1.54) is 6.33 Å². The zero-order valence-corrected chi connectivity index (χ0v) is 11.7. The molecule has 3 heterocycles. The third-order valence-electron chi connectivity index (χ3n) is 2.68. The number of thiazole rings is 1. The zero-order valence-electron chi connectivity index (χ0n) is 10.1. The van der Waals surface area contributed by atoms with Crippen LogP contribution in [0.15, 0.2) is 24.0 Å². The second kappa shape index (κ2) is 5.10. The number of rotatable bonds is 4. The molecule has 0 fully saturated rings. The Morgan fingerprint density at radius 1 is 1.47 bits per heavy atom. The molecule has 3 aromatic heterocycles. The van der Waals surface area contributed by atoms with Gasteiger partial charge in [0.25, 0.3) is 5.78 Å². The molecule has 1 unspecified atom stereocenters. The Hall–Kier alpha value is -1.73. The molecule has 1 atom stereocenters. The number of nitrogens with zero attached hydrogens (tertiary/aromatic N) is 5. The standard InChI is InChI=1S/C11H11ClN6S/c1-7(10-13-2-3-19-10)5-14-9-4-8(12)17-11-15-6-16-18(9)11/h2-4,6-7,14H,5H2,1H3. The van der Waals surface area contributed by atoms with Crippen molar-refractivity contribution in [2.75, 3.05) is 11.9 Å². The quantitative estimate of drug-likeness (QED) is 0.749. The zero-order chi connectivity index (χ0) is 13.2. The average Bonchev–Trinajstić information content (AvgIpc) is 3.05. The van der Waals surface area contributed by atoms with E-state index >= 15 is 0 Å². The highest BCUT2D eigenvalue weighted by atomic mass is 35.5. The van der Waals surface area contributed by atoms with Gasteiger partial charge in [-0.1, -0.05) is 18.5 Å². The third-order valence-corrected chi connectivity index (χ3v) is 3.88. The molecule has 0 aliphatic rings. The first-order valence-electron chi connectivity index (χ1n) is 5.73. The number of hydrogen-bond acceptors (Lipinski definition) is 6. The van der Waals surface area contributed by atoms with Gasteiger partial charge in [-0.25, -0.2) is 4.98 Å². The van der Waals surface area contributed by atoms with E-state index in [9.17, 15) is 0 Å². The van der Waals surface area contributed by atoms with Crippen LogP contribution >= 0.6 is 22.9 Å². The lowest BCUT2D eigenvalue weighted by Gasteiger charge is -2.12. The Balaban J connectivity index is 1.80. The van der Waals surface area contributed by atoms with Gasteiger partial charge in [0.05, 0.1) is 5.01 Å². The number of aromatic nitrogens is 5. The van der Waals surface area contributed by atoms with E-state index in [2.05, 4.69) is 32.3 Å². The monoisotopic (exact) mass is 294 g/mol. The van der Waals surface area contributed by atoms with Gasteiger partial charge < -0.3 is 5.32 Å². The largest absolute Gasteiger partial charge is 0.369 e. The summed E-state index contributed by atoms with van der Waals surface area (Å²) in [6.07, 6.45) is 3.27. The van der Waals surface area contributed by atoms with Crippen molar-refractivity contribution in [2.24, 2.45) is 0 Å². The van der Waals surface area contributed by atoms with E-state index in [-0.39, 0.29) is 0 Å². The average molecular weight is 295 g/mol. The Labute approximate surface area is 118 Å². The summed E-state index contributed by atoms with van der Waals surface area (Å²) in [5, 5.41) is 10.9. The van der Waals surface area contributed by atoms with Gasteiger partial charge in [-0.05, 0) is 0 Å². The van der Waals surface area contributed by atoms with E-state index in [1.54, 1.807) is 21.9 Å². The molecule has 0 saturated carbocycles. The molecule has 8 heteroatoms. The molecule has 0 amide bonds. The lowest BCUT2D eigenvalue weighted by Crippen LogP contribution is -2.13. The van der Waals surface area contributed by atoms with E-state index in [4.69, 9.17) is 11.6 Å². The fourth-order valence-corrected chi connectivity index (χ4v) is 2.61. The molecule has 19 heavy (non-hydrogen) atoms. The Kier molecular flexibility index (Phi) is 3.31. The molecule has 0 spiro atoms. The molecule has 0 aliphatic heterocycles. The van der Waals surface area contributed by atoms with Crippen LogP contribution in [0, 0.1) is 0 Å². The molecule has 3 rings (SSSR count). The van der Waals surface area contributed by atoms with Crippen molar-refractivity contribution < 1.29 is 0 Å². The smallest absolute Gasteiger partial charge is 0.255 e. The summed E-state index contributed by atoms with van der Waals surface area (Å²) in [5.41, 5.74) is 0. The van der Waals surface area contributed by atoms with Crippen LogP contribution < -0.4 is 5.32 Å². The molecule has 0 aliphatic carbocycles.